The fourth-order valence-electron chi connectivity index (χ4n) is 1.94. The van der Waals surface area contributed by atoms with Crippen molar-refractivity contribution in [3.8, 4) is 11.4 Å². The van der Waals surface area contributed by atoms with Gasteiger partial charge in [0.2, 0.25) is 0 Å². The SMILES string of the molecule is Cc1cc(-c2nc(Cl)cc(C3CC3)n2)ccc1F. The average molecular weight is 263 g/mol. The maximum Gasteiger partial charge on any atom is 0.161 e. The molecule has 1 aromatic heterocycles. The molecule has 2 nitrogen and oxygen atoms in total. The van der Waals surface area contributed by atoms with Gasteiger partial charge >= 0.3 is 0 Å². The molecule has 1 fully saturated rings. The van der Waals surface area contributed by atoms with Crippen LogP contribution in [0.15, 0.2) is 24.3 Å². The van der Waals surface area contributed by atoms with Crippen LogP contribution in [0.1, 0.15) is 30.0 Å². The maximum atomic E-state index is 13.2. The van der Waals surface area contributed by atoms with Gasteiger partial charge < -0.3 is 0 Å². The van der Waals surface area contributed by atoms with Crippen LogP contribution in [0.3, 0.4) is 0 Å². The fraction of sp³-hybridized carbons (Fsp3) is 0.286. The molecule has 2 aromatic rings. The molecule has 3 rings (SSSR count). The first-order valence-electron chi connectivity index (χ1n) is 5.94. The summed E-state index contributed by atoms with van der Waals surface area (Å²) >= 11 is 6.02. The molecule has 1 aliphatic rings. The molecular weight excluding hydrogens is 251 g/mol. The van der Waals surface area contributed by atoms with Crippen LogP contribution in [0.25, 0.3) is 11.4 Å². The Kier molecular flexibility index (Phi) is 2.78. The zero-order chi connectivity index (χ0) is 12.7. The molecule has 0 radical (unpaired) electrons. The normalized spacial score (nSPS) is 14.8. The smallest absolute Gasteiger partial charge is 0.161 e. The molecular formula is C14H12ClFN2. The highest BCUT2D eigenvalue weighted by atomic mass is 35.5. The predicted molar refractivity (Wildman–Crippen MR) is 69.1 cm³/mol. The first-order chi connectivity index (χ1) is 8.63. The largest absolute Gasteiger partial charge is 0.233 e. The summed E-state index contributed by atoms with van der Waals surface area (Å²) in [4.78, 5) is 8.74. The summed E-state index contributed by atoms with van der Waals surface area (Å²) in [5.74, 6) is 0.876. The average Bonchev–Trinajstić information content (AvgIpc) is 3.16. The summed E-state index contributed by atoms with van der Waals surface area (Å²) in [6.07, 6.45) is 2.32. The Morgan fingerprint density at radius 3 is 2.67 bits per heavy atom. The molecule has 0 N–H and O–H groups in total. The molecule has 0 aliphatic heterocycles. The molecule has 1 saturated carbocycles. The van der Waals surface area contributed by atoms with Crippen LogP contribution >= 0.6 is 11.6 Å². The molecule has 0 atom stereocenters. The van der Waals surface area contributed by atoms with Crippen molar-refractivity contribution in [2.24, 2.45) is 0 Å². The Hall–Kier alpha value is -1.48. The monoisotopic (exact) mass is 262 g/mol. The number of halogens is 2. The molecule has 0 saturated heterocycles. The van der Waals surface area contributed by atoms with Crippen molar-refractivity contribution < 1.29 is 4.39 Å². The van der Waals surface area contributed by atoms with Gasteiger partial charge in [-0.15, -0.1) is 0 Å². The third kappa shape index (κ3) is 2.23. The molecule has 0 spiro atoms. The van der Waals surface area contributed by atoms with Crippen LogP contribution < -0.4 is 0 Å². The van der Waals surface area contributed by atoms with Gasteiger partial charge in [-0.2, -0.15) is 0 Å². The summed E-state index contributed by atoms with van der Waals surface area (Å²) in [6, 6.07) is 6.69. The molecule has 0 bridgehead atoms. The summed E-state index contributed by atoms with van der Waals surface area (Å²) < 4.78 is 13.2. The molecule has 1 aromatic carbocycles. The van der Waals surface area contributed by atoms with E-state index in [4.69, 9.17) is 11.6 Å². The van der Waals surface area contributed by atoms with Crippen LogP contribution in [0.5, 0.6) is 0 Å². The molecule has 18 heavy (non-hydrogen) atoms. The predicted octanol–water partition coefficient (Wildman–Crippen LogP) is 4.12. The minimum Gasteiger partial charge on any atom is -0.233 e. The topological polar surface area (TPSA) is 25.8 Å². The minimum absolute atomic E-state index is 0.219. The minimum atomic E-state index is -0.219. The number of nitrogens with zero attached hydrogens (tertiary/aromatic N) is 2. The van der Waals surface area contributed by atoms with E-state index >= 15 is 0 Å². The molecule has 0 amide bonds. The van der Waals surface area contributed by atoms with Crippen molar-refractivity contribution in [2.45, 2.75) is 25.7 Å². The van der Waals surface area contributed by atoms with E-state index < -0.39 is 0 Å². The van der Waals surface area contributed by atoms with Crippen molar-refractivity contribution in [3.63, 3.8) is 0 Å². The number of aromatic nitrogens is 2. The quantitative estimate of drug-likeness (QED) is 0.761. The third-order valence-corrected chi connectivity index (χ3v) is 3.32. The first-order valence-corrected chi connectivity index (χ1v) is 6.32. The van der Waals surface area contributed by atoms with E-state index in [1.807, 2.05) is 6.07 Å². The Morgan fingerprint density at radius 1 is 1.22 bits per heavy atom. The van der Waals surface area contributed by atoms with Crippen molar-refractivity contribution in [1.29, 1.82) is 0 Å². The summed E-state index contributed by atoms with van der Waals surface area (Å²) in [7, 11) is 0. The van der Waals surface area contributed by atoms with Gasteiger partial charge in [-0.05, 0) is 49.6 Å². The summed E-state index contributed by atoms with van der Waals surface area (Å²) in [5, 5.41) is 0.448. The van der Waals surface area contributed by atoms with E-state index in [1.54, 1.807) is 19.1 Å². The lowest BCUT2D eigenvalue weighted by molar-refractivity contribution is 0.618. The number of rotatable bonds is 2. The van der Waals surface area contributed by atoms with E-state index in [9.17, 15) is 4.39 Å². The highest BCUT2D eigenvalue weighted by Crippen LogP contribution is 2.40. The van der Waals surface area contributed by atoms with Crippen molar-refractivity contribution in [3.05, 3.63) is 46.5 Å². The first kappa shape index (κ1) is 11.6. The lowest BCUT2D eigenvalue weighted by Crippen LogP contribution is -1.95. The van der Waals surface area contributed by atoms with Gasteiger partial charge in [0.15, 0.2) is 5.82 Å². The van der Waals surface area contributed by atoms with Gasteiger partial charge in [0.1, 0.15) is 11.0 Å². The van der Waals surface area contributed by atoms with E-state index in [2.05, 4.69) is 9.97 Å². The molecule has 0 unspecified atom stereocenters. The second-order valence-electron chi connectivity index (χ2n) is 4.68. The number of hydrogen-bond donors (Lipinski definition) is 0. The van der Waals surface area contributed by atoms with E-state index in [0.717, 1.165) is 24.1 Å². The Balaban J connectivity index is 2.07. The zero-order valence-electron chi connectivity index (χ0n) is 9.95. The van der Waals surface area contributed by atoms with E-state index in [-0.39, 0.29) is 5.82 Å². The fourth-order valence-corrected chi connectivity index (χ4v) is 2.13. The van der Waals surface area contributed by atoms with Crippen LogP contribution in [0, 0.1) is 12.7 Å². The van der Waals surface area contributed by atoms with Crippen LogP contribution in [0.4, 0.5) is 4.39 Å². The Labute approximate surface area is 110 Å². The van der Waals surface area contributed by atoms with Gasteiger partial charge in [-0.1, -0.05) is 11.6 Å². The van der Waals surface area contributed by atoms with E-state index in [0.29, 0.717) is 22.5 Å². The lowest BCUT2D eigenvalue weighted by Gasteiger charge is -2.05. The van der Waals surface area contributed by atoms with Gasteiger partial charge in [0.05, 0.1) is 0 Å². The number of benzene rings is 1. The summed E-state index contributed by atoms with van der Waals surface area (Å²) in [5.41, 5.74) is 2.38. The molecule has 4 heteroatoms. The number of hydrogen-bond acceptors (Lipinski definition) is 2. The van der Waals surface area contributed by atoms with Crippen LogP contribution in [-0.4, -0.2) is 9.97 Å². The Bertz CT molecular complexity index is 609. The summed E-state index contributed by atoms with van der Waals surface area (Å²) in [6.45, 7) is 1.73. The maximum absolute atomic E-state index is 13.2. The highest BCUT2D eigenvalue weighted by Gasteiger charge is 2.26. The van der Waals surface area contributed by atoms with Crippen LogP contribution in [0.2, 0.25) is 5.15 Å². The Morgan fingerprint density at radius 2 is 2.00 bits per heavy atom. The molecule has 1 heterocycles. The zero-order valence-corrected chi connectivity index (χ0v) is 10.7. The van der Waals surface area contributed by atoms with Crippen molar-refractivity contribution in [2.75, 3.05) is 0 Å². The van der Waals surface area contributed by atoms with Gasteiger partial charge in [-0.3, -0.25) is 0 Å². The second kappa shape index (κ2) is 4.32. The standard InChI is InChI=1S/C14H12ClFN2/c1-8-6-10(4-5-11(8)16)14-17-12(9-2-3-9)7-13(15)18-14/h4-7,9H,2-3H2,1H3. The van der Waals surface area contributed by atoms with Crippen molar-refractivity contribution in [1.82, 2.24) is 9.97 Å². The highest BCUT2D eigenvalue weighted by molar-refractivity contribution is 6.29. The second-order valence-corrected chi connectivity index (χ2v) is 5.06. The van der Waals surface area contributed by atoms with Gasteiger partial charge in [0, 0.05) is 17.2 Å². The lowest BCUT2D eigenvalue weighted by atomic mass is 10.1. The number of aryl methyl sites for hydroxylation is 1. The molecule has 1 aliphatic carbocycles. The van der Waals surface area contributed by atoms with Crippen molar-refractivity contribution >= 4 is 11.6 Å². The van der Waals surface area contributed by atoms with Gasteiger partial charge in [0.25, 0.3) is 0 Å². The van der Waals surface area contributed by atoms with Gasteiger partial charge in [-0.25, -0.2) is 14.4 Å². The van der Waals surface area contributed by atoms with E-state index in [1.165, 1.54) is 6.07 Å². The van der Waals surface area contributed by atoms with Crippen LogP contribution in [-0.2, 0) is 0 Å². The third-order valence-electron chi connectivity index (χ3n) is 3.13. The molecule has 92 valence electrons.